The zero-order valence-electron chi connectivity index (χ0n) is 21.7. The van der Waals surface area contributed by atoms with Crippen molar-refractivity contribution in [1.82, 2.24) is 14.4 Å². The van der Waals surface area contributed by atoms with Crippen LogP contribution in [0.3, 0.4) is 0 Å². The number of ether oxygens (including phenoxy) is 2. The highest BCUT2D eigenvalue weighted by atomic mass is 16.6. The van der Waals surface area contributed by atoms with Gasteiger partial charge in [0.1, 0.15) is 6.04 Å². The van der Waals surface area contributed by atoms with E-state index in [1.165, 1.54) is 5.69 Å². The van der Waals surface area contributed by atoms with Crippen LogP contribution in [0.1, 0.15) is 63.6 Å². The number of benzene rings is 1. The summed E-state index contributed by atoms with van der Waals surface area (Å²) in [5.74, 6) is 0.0131. The van der Waals surface area contributed by atoms with E-state index in [-0.39, 0.29) is 18.1 Å². The van der Waals surface area contributed by atoms with Crippen LogP contribution in [0.4, 0.5) is 4.79 Å². The quantitative estimate of drug-likeness (QED) is 0.480. The molecule has 2 aromatic rings. The highest BCUT2D eigenvalue weighted by Gasteiger charge is 2.44. The van der Waals surface area contributed by atoms with Crippen LogP contribution in [0.25, 0.3) is 10.9 Å². The van der Waals surface area contributed by atoms with Crippen molar-refractivity contribution < 1.29 is 19.1 Å². The third kappa shape index (κ3) is 5.36. The van der Waals surface area contributed by atoms with Gasteiger partial charge in [-0.15, -0.1) is 0 Å². The number of methoxy groups -OCH3 is 1. The van der Waals surface area contributed by atoms with Gasteiger partial charge in [-0.05, 0) is 62.6 Å². The number of nitriles is 1. The average molecular weight is 495 g/mol. The third-order valence-electron chi connectivity index (χ3n) is 7.67. The molecule has 0 radical (unpaired) electrons. The number of carbonyl (C=O) groups is 2. The normalized spacial score (nSPS) is 21.8. The number of nitrogens with zero attached hydrogens (tertiary/aromatic N) is 4. The van der Waals surface area contributed by atoms with Crippen LogP contribution < -0.4 is 0 Å². The molecule has 0 N–H and O–H groups in total. The molecule has 4 rings (SSSR count). The molecule has 1 aromatic heterocycles. The van der Waals surface area contributed by atoms with E-state index in [9.17, 15) is 14.9 Å². The van der Waals surface area contributed by atoms with Crippen LogP contribution in [0, 0.1) is 11.3 Å². The van der Waals surface area contributed by atoms with Crippen LogP contribution >= 0.6 is 0 Å². The Morgan fingerprint density at radius 3 is 2.75 bits per heavy atom. The maximum absolute atomic E-state index is 13.7. The van der Waals surface area contributed by atoms with Gasteiger partial charge in [0, 0.05) is 43.9 Å². The summed E-state index contributed by atoms with van der Waals surface area (Å²) < 4.78 is 13.2. The van der Waals surface area contributed by atoms with Crippen molar-refractivity contribution >= 4 is 22.9 Å². The van der Waals surface area contributed by atoms with E-state index in [1.54, 1.807) is 12.0 Å². The summed E-state index contributed by atoms with van der Waals surface area (Å²) in [6, 6.07) is 9.87. The second-order valence-corrected chi connectivity index (χ2v) is 9.86. The van der Waals surface area contributed by atoms with E-state index in [0.29, 0.717) is 25.1 Å². The number of likely N-dealkylation sites (tertiary alicyclic amines) is 2. The van der Waals surface area contributed by atoms with E-state index in [4.69, 9.17) is 9.47 Å². The molecule has 0 unspecified atom stereocenters. The van der Waals surface area contributed by atoms with Gasteiger partial charge in [0.05, 0.1) is 30.9 Å². The van der Waals surface area contributed by atoms with E-state index in [0.717, 1.165) is 62.5 Å². The molecule has 194 valence electrons. The number of rotatable bonds is 9. The summed E-state index contributed by atoms with van der Waals surface area (Å²) in [5.41, 5.74) is 2.97. The Morgan fingerprint density at radius 1 is 1.19 bits per heavy atom. The molecule has 36 heavy (non-hydrogen) atoms. The SMILES string of the molecule is CCCCOC(=O)N1C[C@H](OC)C[C@@H]1C(=O)N1CCC[C@H]1CCc1cc2ccc(C#N)cc2n1CC. The van der Waals surface area contributed by atoms with Crippen molar-refractivity contribution in [2.75, 3.05) is 26.8 Å². The van der Waals surface area contributed by atoms with Gasteiger partial charge in [-0.2, -0.15) is 5.26 Å². The first-order chi connectivity index (χ1) is 17.5. The van der Waals surface area contributed by atoms with Gasteiger partial charge in [0.15, 0.2) is 0 Å². The van der Waals surface area contributed by atoms with Crippen molar-refractivity contribution in [1.29, 1.82) is 5.26 Å². The molecule has 8 nitrogen and oxygen atoms in total. The molecule has 2 amide bonds. The molecular weight excluding hydrogens is 456 g/mol. The molecular formula is C28H38N4O4. The fraction of sp³-hybridized carbons (Fsp3) is 0.607. The molecule has 3 heterocycles. The van der Waals surface area contributed by atoms with E-state index in [1.807, 2.05) is 30.0 Å². The fourth-order valence-corrected chi connectivity index (χ4v) is 5.68. The Morgan fingerprint density at radius 2 is 2.03 bits per heavy atom. The lowest BCUT2D eigenvalue weighted by atomic mass is 10.1. The van der Waals surface area contributed by atoms with Crippen LogP contribution in [0.5, 0.6) is 0 Å². The van der Waals surface area contributed by atoms with Gasteiger partial charge in [0.25, 0.3) is 0 Å². The molecule has 3 atom stereocenters. The zero-order valence-corrected chi connectivity index (χ0v) is 21.7. The number of hydrogen-bond acceptors (Lipinski definition) is 5. The van der Waals surface area contributed by atoms with Gasteiger partial charge in [-0.25, -0.2) is 4.79 Å². The Balaban J connectivity index is 1.45. The highest BCUT2D eigenvalue weighted by molar-refractivity contribution is 5.87. The molecule has 0 bridgehead atoms. The van der Waals surface area contributed by atoms with Crippen molar-refractivity contribution in [2.45, 2.75) is 83.5 Å². The Hall–Kier alpha value is -3.05. The number of fused-ring (bicyclic) bond motifs is 1. The standard InChI is InChI=1S/C28H38N4O4/c1-4-6-14-36-28(34)32-19-24(35-3)17-26(32)27(33)31-13-7-8-22(31)11-12-23-16-21-10-9-20(18-29)15-25(21)30(23)5-2/h9-10,15-16,22,24,26H,4-8,11-14,17,19H2,1-3H3/t22-,24+,26+/m0/s1. The minimum Gasteiger partial charge on any atom is -0.449 e. The Labute approximate surface area is 213 Å². The molecule has 0 aliphatic carbocycles. The van der Waals surface area contributed by atoms with Crippen molar-refractivity contribution in [3.63, 3.8) is 0 Å². The third-order valence-corrected chi connectivity index (χ3v) is 7.67. The van der Waals surface area contributed by atoms with Crippen LogP contribution in [0.15, 0.2) is 24.3 Å². The molecule has 2 fully saturated rings. The monoisotopic (exact) mass is 494 g/mol. The first kappa shape index (κ1) is 26.0. The van der Waals surface area contributed by atoms with Gasteiger partial charge in [-0.1, -0.05) is 19.4 Å². The van der Waals surface area contributed by atoms with Gasteiger partial charge in [-0.3, -0.25) is 9.69 Å². The second kappa shape index (κ2) is 11.8. The molecule has 2 saturated heterocycles. The maximum Gasteiger partial charge on any atom is 0.410 e. The lowest BCUT2D eigenvalue weighted by Crippen LogP contribution is -2.49. The van der Waals surface area contributed by atoms with E-state index < -0.39 is 12.1 Å². The lowest BCUT2D eigenvalue weighted by Gasteiger charge is -2.31. The van der Waals surface area contributed by atoms with Gasteiger partial charge < -0.3 is 18.9 Å². The molecule has 2 aliphatic heterocycles. The van der Waals surface area contributed by atoms with Crippen molar-refractivity contribution in [3.05, 3.63) is 35.5 Å². The van der Waals surface area contributed by atoms with Gasteiger partial charge >= 0.3 is 6.09 Å². The fourth-order valence-electron chi connectivity index (χ4n) is 5.68. The summed E-state index contributed by atoms with van der Waals surface area (Å²) in [7, 11) is 1.63. The van der Waals surface area contributed by atoms with Crippen molar-refractivity contribution in [3.8, 4) is 6.07 Å². The number of carbonyl (C=O) groups excluding carboxylic acids is 2. The summed E-state index contributed by atoms with van der Waals surface area (Å²) >= 11 is 0. The zero-order chi connectivity index (χ0) is 25.7. The van der Waals surface area contributed by atoms with E-state index >= 15 is 0 Å². The number of aromatic nitrogens is 1. The molecule has 0 saturated carbocycles. The Bertz CT molecular complexity index is 1120. The summed E-state index contributed by atoms with van der Waals surface area (Å²) in [6.45, 7) is 6.48. The molecule has 1 aromatic carbocycles. The topological polar surface area (TPSA) is 87.8 Å². The summed E-state index contributed by atoms with van der Waals surface area (Å²) in [6.07, 6.45) is 5.36. The number of amides is 2. The predicted octanol–water partition coefficient (Wildman–Crippen LogP) is 4.48. The highest BCUT2D eigenvalue weighted by Crippen LogP contribution is 2.30. The molecule has 2 aliphatic rings. The largest absolute Gasteiger partial charge is 0.449 e. The first-order valence-electron chi connectivity index (χ1n) is 13.3. The lowest BCUT2D eigenvalue weighted by molar-refractivity contribution is -0.136. The van der Waals surface area contributed by atoms with Gasteiger partial charge in [0.2, 0.25) is 5.91 Å². The maximum atomic E-state index is 13.7. The van der Waals surface area contributed by atoms with Crippen LogP contribution in [-0.2, 0) is 27.2 Å². The number of hydrogen-bond donors (Lipinski definition) is 0. The summed E-state index contributed by atoms with van der Waals surface area (Å²) in [5, 5.41) is 10.4. The minimum absolute atomic E-state index is 0.0131. The first-order valence-corrected chi connectivity index (χ1v) is 13.3. The second-order valence-electron chi connectivity index (χ2n) is 9.86. The van der Waals surface area contributed by atoms with Crippen LogP contribution in [0.2, 0.25) is 0 Å². The minimum atomic E-state index is -0.531. The Kier molecular flexibility index (Phi) is 8.52. The predicted molar refractivity (Wildman–Crippen MR) is 138 cm³/mol. The van der Waals surface area contributed by atoms with Crippen LogP contribution in [-0.4, -0.2) is 71.4 Å². The van der Waals surface area contributed by atoms with E-state index in [2.05, 4.69) is 23.6 Å². The molecule has 0 spiro atoms. The summed E-state index contributed by atoms with van der Waals surface area (Å²) in [4.78, 5) is 30.0. The van der Waals surface area contributed by atoms with Crippen molar-refractivity contribution in [2.24, 2.45) is 0 Å². The number of unbranched alkanes of at least 4 members (excludes halogenated alkanes) is 1. The molecule has 8 heteroatoms. The average Bonchev–Trinajstić information content (AvgIpc) is 3.62. The smallest absolute Gasteiger partial charge is 0.410 e. The number of aryl methyl sites for hydroxylation is 2.